The normalized spacial score (nSPS) is 19.5. The smallest absolute Gasteiger partial charge is 0.141 e. The van der Waals surface area contributed by atoms with Crippen LogP contribution in [0.5, 0.6) is 0 Å². The number of methoxy groups -OCH3 is 1. The Balaban J connectivity index is 2.59. The molecule has 72 valence electrons. The molecule has 0 saturated heterocycles. The summed E-state index contributed by atoms with van der Waals surface area (Å²) in [7, 11) is 1.61. The van der Waals surface area contributed by atoms with Gasteiger partial charge >= 0.3 is 0 Å². The number of nitrogens with zero attached hydrogens (tertiary/aromatic N) is 3. The molecule has 4 nitrogen and oxygen atoms in total. The summed E-state index contributed by atoms with van der Waals surface area (Å²) >= 11 is 0. The highest BCUT2D eigenvalue weighted by Crippen LogP contribution is 2.29. The average Bonchev–Trinajstić information content (AvgIpc) is 2.63. The van der Waals surface area contributed by atoms with Crippen LogP contribution in [0.2, 0.25) is 0 Å². The molecule has 1 aliphatic rings. The maximum Gasteiger partial charge on any atom is 0.141 e. The van der Waals surface area contributed by atoms with E-state index in [1.165, 1.54) is 0 Å². The zero-order chi connectivity index (χ0) is 10.1. The van der Waals surface area contributed by atoms with Crippen LogP contribution in [-0.4, -0.2) is 16.9 Å². The van der Waals surface area contributed by atoms with Gasteiger partial charge in [-0.25, -0.2) is 0 Å². The molecule has 0 amide bonds. The minimum absolute atomic E-state index is 0.297. The van der Waals surface area contributed by atoms with E-state index in [9.17, 15) is 0 Å². The van der Waals surface area contributed by atoms with E-state index in [0.29, 0.717) is 11.6 Å². The van der Waals surface area contributed by atoms with Crippen LogP contribution in [0.4, 0.5) is 0 Å². The van der Waals surface area contributed by atoms with E-state index in [0.717, 1.165) is 17.9 Å². The summed E-state index contributed by atoms with van der Waals surface area (Å²) < 4.78 is 7.06. The van der Waals surface area contributed by atoms with Crippen molar-refractivity contribution in [3.05, 3.63) is 23.5 Å². The lowest BCUT2D eigenvalue weighted by Gasteiger charge is -2.20. The van der Waals surface area contributed by atoms with Gasteiger partial charge in [0.25, 0.3) is 0 Å². The van der Waals surface area contributed by atoms with Crippen LogP contribution in [0.1, 0.15) is 30.6 Å². The molecule has 0 fully saturated rings. The van der Waals surface area contributed by atoms with Crippen molar-refractivity contribution in [3.63, 3.8) is 0 Å². The Labute approximate surface area is 82.4 Å². The summed E-state index contributed by atoms with van der Waals surface area (Å²) in [6.45, 7) is 2.07. The molecule has 4 heteroatoms. The van der Waals surface area contributed by atoms with Crippen molar-refractivity contribution < 1.29 is 4.74 Å². The first-order valence-electron chi connectivity index (χ1n) is 4.50. The molecular weight excluding hydrogens is 178 g/mol. The highest BCUT2D eigenvalue weighted by molar-refractivity contribution is 5.63. The second-order valence-corrected chi connectivity index (χ2v) is 3.32. The third-order valence-corrected chi connectivity index (χ3v) is 2.43. The molecule has 0 aliphatic carbocycles. The van der Waals surface area contributed by atoms with Gasteiger partial charge in [0.1, 0.15) is 23.1 Å². The Morgan fingerprint density at radius 1 is 1.71 bits per heavy atom. The predicted molar refractivity (Wildman–Crippen MR) is 51.3 cm³/mol. The molecule has 2 heterocycles. The molecule has 14 heavy (non-hydrogen) atoms. The molecule has 0 aromatic carbocycles. The fourth-order valence-corrected chi connectivity index (χ4v) is 1.68. The number of ether oxygens (including phenoxy) is 1. The summed E-state index contributed by atoms with van der Waals surface area (Å²) in [5.41, 5.74) is 1.37. The van der Waals surface area contributed by atoms with Crippen molar-refractivity contribution in [1.82, 2.24) is 9.78 Å². The van der Waals surface area contributed by atoms with E-state index in [4.69, 9.17) is 10.00 Å². The molecule has 1 unspecified atom stereocenters. The summed E-state index contributed by atoms with van der Waals surface area (Å²) in [4.78, 5) is 0. The van der Waals surface area contributed by atoms with Gasteiger partial charge in [0, 0.05) is 0 Å². The van der Waals surface area contributed by atoms with Crippen LogP contribution in [0.25, 0.3) is 5.76 Å². The van der Waals surface area contributed by atoms with Crippen LogP contribution in [-0.2, 0) is 4.74 Å². The van der Waals surface area contributed by atoms with Crippen LogP contribution in [0.15, 0.2) is 12.3 Å². The number of fused-ring (bicyclic) bond motifs is 1. The minimum atomic E-state index is 0.297. The molecule has 0 N–H and O–H groups in total. The Kier molecular flexibility index (Phi) is 2.01. The van der Waals surface area contributed by atoms with Crippen LogP contribution >= 0.6 is 0 Å². The van der Waals surface area contributed by atoms with Crippen molar-refractivity contribution in [1.29, 1.82) is 5.26 Å². The fraction of sp³-hybridized carbons (Fsp3) is 0.400. The van der Waals surface area contributed by atoms with Gasteiger partial charge in [-0.1, -0.05) is 0 Å². The summed E-state index contributed by atoms with van der Waals surface area (Å²) in [5.74, 6) is 0.747. The third kappa shape index (κ3) is 1.10. The topological polar surface area (TPSA) is 50.8 Å². The molecule has 0 radical (unpaired) electrons. The third-order valence-electron chi connectivity index (χ3n) is 2.43. The van der Waals surface area contributed by atoms with E-state index in [1.54, 1.807) is 13.3 Å². The van der Waals surface area contributed by atoms with Gasteiger partial charge in [-0.3, -0.25) is 4.68 Å². The van der Waals surface area contributed by atoms with Crippen LogP contribution in [0.3, 0.4) is 0 Å². The first-order valence-corrected chi connectivity index (χ1v) is 4.50. The molecule has 0 saturated carbocycles. The van der Waals surface area contributed by atoms with Crippen LogP contribution in [0, 0.1) is 11.3 Å². The highest BCUT2D eigenvalue weighted by Gasteiger charge is 2.22. The minimum Gasteiger partial charge on any atom is -0.495 e. The van der Waals surface area contributed by atoms with Crippen molar-refractivity contribution in [2.24, 2.45) is 0 Å². The number of hydrogen-bond donors (Lipinski definition) is 0. The Bertz CT molecular complexity index is 425. The van der Waals surface area contributed by atoms with E-state index >= 15 is 0 Å². The quantitative estimate of drug-likeness (QED) is 0.675. The largest absolute Gasteiger partial charge is 0.495 e. The summed E-state index contributed by atoms with van der Waals surface area (Å²) in [5, 5.41) is 13.1. The first kappa shape index (κ1) is 8.82. The van der Waals surface area contributed by atoms with E-state index < -0.39 is 0 Å². The highest BCUT2D eigenvalue weighted by atomic mass is 16.5. The number of hydrogen-bond acceptors (Lipinski definition) is 3. The van der Waals surface area contributed by atoms with Crippen molar-refractivity contribution in [3.8, 4) is 6.07 Å². The number of rotatable bonds is 1. The van der Waals surface area contributed by atoms with E-state index in [-0.39, 0.29) is 0 Å². The lowest BCUT2D eigenvalue weighted by Crippen LogP contribution is -2.14. The first-order chi connectivity index (χ1) is 6.77. The van der Waals surface area contributed by atoms with Gasteiger partial charge in [0.2, 0.25) is 0 Å². The van der Waals surface area contributed by atoms with Crippen molar-refractivity contribution in [2.45, 2.75) is 19.4 Å². The zero-order valence-corrected chi connectivity index (χ0v) is 8.19. The van der Waals surface area contributed by atoms with Crippen molar-refractivity contribution >= 4 is 5.76 Å². The molecule has 0 bridgehead atoms. The summed E-state index contributed by atoms with van der Waals surface area (Å²) in [6.07, 6.45) is 4.48. The van der Waals surface area contributed by atoms with Crippen molar-refractivity contribution in [2.75, 3.05) is 7.11 Å². The lowest BCUT2D eigenvalue weighted by molar-refractivity contribution is 0.347. The maximum absolute atomic E-state index is 8.90. The number of aromatic nitrogens is 2. The lowest BCUT2D eigenvalue weighted by atomic mass is 10.1. The van der Waals surface area contributed by atoms with Gasteiger partial charge in [-0.2, -0.15) is 10.4 Å². The predicted octanol–water partition coefficient (Wildman–Crippen LogP) is 1.71. The second kappa shape index (κ2) is 3.18. The maximum atomic E-state index is 8.90. The average molecular weight is 189 g/mol. The SMILES string of the molecule is COC1=CCC(C)n2ncc(C#N)c21. The van der Waals surface area contributed by atoms with Gasteiger partial charge in [0.05, 0.1) is 19.3 Å². The zero-order valence-electron chi connectivity index (χ0n) is 8.19. The van der Waals surface area contributed by atoms with Gasteiger partial charge in [-0.15, -0.1) is 0 Å². The van der Waals surface area contributed by atoms with Gasteiger partial charge in [-0.05, 0) is 19.4 Å². The Hall–Kier alpha value is -1.76. The fourth-order valence-electron chi connectivity index (χ4n) is 1.68. The number of allylic oxidation sites excluding steroid dienone is 1. The molecule has 1 aromatic rings. The van der Waals surface area contributed by atoms with E-state index in [2.05, 4.69) is 18.1 Å². The Morgan fingerprint density at radius 3 is 3.14 bits per heavy atom. The van der Waals surface area contributed by atoms with Crippen LogP contribution < -0.4 is 0 Å². The summed E-state index contributed by atoms with van der Waals surface area (Å²) in [6, 6.07) is 2.41. The molecule has 1 atom stereocenters. The monoisotopic (exact) mass is 189 g/mol. The van der Waals surface area contributed by atoms with Gasteiger partial charge < -0.3 is 4.74 Å². The molecule has 0 spiro atoms. The number of nitriles is 1. The standard InChI is InChI=1S/C10H11N3O/c1-7-3-4-9(14-2)10-8(5-11)6-12-13(7)10/h4,6-7H,3H2,1-2H3. The molecular formula is C10H11N3O. The molecule has 2 rings (SSSR count). The van der Waals surface area contributed by atoms with Gasteiger partial charge in [0.15, 0.2) is 0 Å². The van der Waals surface area contributed by atoms with E-state index in [1.807, 2.05) is 10.8 Å². The molecule has 1 aliphatic heterocycles. The Morgan fingerprint density at radius 2 is 2.50 bits per heavy atom. The molecule has 1 aromatic heterocycles. The second-order valence-electron chi connectivity index (χ2n) is 3.32.